The summed E-state index contributed by atoms with van der Waals surface area (Å²) in [7, 11) is 0. The molecule has 0 amide bonds. The Hall–Kier alpha value is -3.41. The Morgan fingerprint density at radius 1 is 0.543 bits per heavy atom. The fourth-order valence-corrected chi connectivity index (χ4v) is 5.37. The summed E-state index contributed by atoms with van der Waals surface area (Å²) < 4.78 is 17.2. The van der Waals surface area contributed by atoms with E-state index in [1.54, 1.807) is 12.1 Å². The number of hydrogen-bond acceptors (Lipinski definition) is 6. The molecule has 0 atom stereocenters. The van der Waals surface area contributed by atoms with E-state index in [9.17, 15) is 4.79 Å². The molecule has 0 aliphatic heterocycles. The summed E-state index contributed by atoms with van der Waals surface area (Å²) in [5.41, 5.74) is 2.79. The average Bonchev–Trinajstić information content (AvgIpc) is 3.09. The van der Waals surface area contributed by atoms with Gasteiger partial charge in [0.05, 0.1) is 25.4 Å². The molecule has 3 rings (SSSR count). The summed E-state index contributed by atoms with van der Waals surface area (Å²) >= 11 is 0. The molecule has 0 saturated carbocycles. The SMILES string of the molecule is CCCCCCCCCCOC(=O)c1ccc(OCCCCCCOc2ccc(-c3ncc(CCCCCCC)cn3)cc2)cc1. The van der Waals surface area contributed by atoms with E-state index in [1.165, 1.54) is 76.2 Å². The topological polar surface area (TPSA) is 70.5 Å². The minimum atomic E-state index is -0.255. The number of aromatic nitrogens is 2. The number of esters is 1. The zero-order valence-corrected chi connectivity index (χ0v) is 28.7. The van der Waals surface area contributed by atoms with Crippen LogP contribution in [0.1, 0.15) is 139 Å². The van der Waals surface area contributed by atoms with E-state index in [2.05, 4.69) is 23.8 Å². The molecule has 46 heavy (non-hydrogen) atoms. The minimum Gasteiger partial charge on any atom is -0.494 e. The molecule has 252 valence electrons. The van der Waals surface area contributed by atoms with Crippen LogP contribution in [0.3, 0.4) is 0 Å². The van der Waals surface area contributed by atoms with Crippen LogP contribution in [0.4, 0.5) is 0 Å². The van der Waals surface area contributed by atoms with Gasteiger partial charge in [-0.05, 0) is 99.0 Å². The summed E-state index contributed by atoms with van der Waals surface area (Å²) in [4.78, 5) is 21.5. The van der Waals surface area contributed by atoms with Crippen molar-refractivity contribution >= 4 is 5.97 Å². The molecule has 0 N–H and O–H groups in total. The Bertz CT molecular complexity index is 1180. The first kappa shape index (κ1) is 37.1. The van der Waals surface area contributed by atoms with Gasteiger partial charge in [-0.15, -0.1) is 0 Å². The lowest BCUT2D eigenvalue weighted by Crippen LogP contribution is -2.06. The van der Waals surface area contributed by atoms with Gasteiger partial charge in [0.2, 0.25) is 0 Å². The maximum absolute atomic E-state index is 12.3. The van der Waals surface area contributed by atoms with Gasteiger partial charge in [-0.1, -0.05) is 84.5 Å². The number of aryl methyl sites for hydroxylation is 1. The lowest BCUT2D eigenvalue weighted by atomic mass is 10.1. The average molecular weight is 631 g/mol. The van der Waals surface area contributed by atoms with Crippen molar-refractivity contribution in [3.05, 3.63) is 72.1 Å². The molecule has 3 aromatic rings. The number of unbranched alkanes of at least 4 members (excludes halogenated alkanes) is 14. The van der Waals surface area contributed by atoms with Crippen LogP contribution in [0.15, 0.2) is 60.9 Å². The molecule has 0 saturated heterocycles. The first-order valence-corrected chi connectivity index (χ1v) is 18.1. The second-order valence-electron chi connectivity index (χ2n) is 12.3. The van der Waals surface area contributed by atoms with Crippen LogP contribution in [0, 0.1) is 0 Å². The van der Waals surface area contributed by atoms with Gasteiger partial charge < -0.3 is 14.2 Å². The Balaban J connectivity index is 1.19. The highest BCUT2D eigenvalue weighted by atomic mass is 16.5. The standard InChI is InChI=1S/C40H58N2O4/c1-3-5-7-9-10-11-13-19-31-46-40(43)36-23-27-38(28-24-36)45-30-18-15-14-17-29-44-37-25-21-35(22-26-37)39-41-32-34(33-42-39)20-16-12-8-6-4-2/h21-28,32-33H,3-20,29-31H2,1-2H3. The maximum atomic E-state index is 12.3. The zero-order valence-electron chi connectivity index (χ0n) is 28.7. The molecule has 0 aliphatic carbocycles. The van der Waals surface area contributed by atoms with Gasteiger partial charge in [-0.2, -0.15) is 0 Å². The first-order valence-electron chi connectivity index (χ1n) is 18.1. The van der Waals surface area contributed by atoms with E-state index in [0.29, 0.717) is 25.4 Å². The molecule has 1 aromatic heterocycles. The van der Waals surface area contributed by atoms with Crippen molar-refractivity contribution in [2.24, 2.45) is 0 Å². The van der Waals surface area contributed by atoms with Crippen molar-refractivity contribution in [1.82, 2.24) is 9.97 Å². The molecule has 0 spiro atoms. The highest BCUT2D eigenvalue weighted by molar-refractivity contribution is 5.89. The third-order valence-electron chi connectivity index (χ3n) is 8.28. The first-order chi connectivity index (χ1) is 22.7. The van der Waals surface area contributed by atoms with Crippen molar-refractivity contribution in [3.8, 4) is 22.9 Å². The summed E-state index contributed by atoms with van der Waals surface area (Å²) in [6, 6.07) is 15.3. The molecule has 0 radical (unpaired) electrons. The van der Waals surface area contributed by atoms with Crippen LogP contribution < -0.4 is 9.47 Å². The normalized spacial score (nSPS) is 11.0. The van der Waals surface area contributed by atoms with Crippen LogP contribution in [-0.4, -0.2) is 35.8 Å². The van der Waals surface area contributed by atoms with Crippen LogP contribution >= 0.6 is 0 Å². The van der Waals surface area contributed by atoms with Crippen LogP contribution in [0.5, 0.6) is 11.5 Å². The molecular formula is C40H58N2O4. The largest absolute Gasteiger partial charge is 0.494 e. The Kier molecular flexibility index (Phi) is 19.2. The fraction of sp³-hybridized carbons (Fsp3) is 0.575. The molecule has 0 aliphatic rings. The third-order valence-corrected chi connectivity index (χ3v) is 8.28. The van der Waals surface area contributed by atoms with E-state index in [1.807, 2.05) is 48.8 Å². The Labute approximate surface area is 278 Å². The van der Waals surface area contributed by atoms with Gasteiger partial charge in [-0.3, -0.25) is 0 Å². The zero-order chi connectivity index (χ0) is 32.5. The van der Waals surface area contributed by atoms with Crippen LogP contribution in [-0.2, 0) is 11.2 Å². The fourth-order valence-electron chi connectivity index (χ4n) is 5.37. The van der Waals surface area contributed by atoms with Crippen molar-refractivity contribution in [2.75, 3.05) is 19.8 Å². The highest BCUT2D eigenvalue weighted by Crippen LogP contribution is 2.20. The van der Waals surface area contributed by atoms with E-state index >= 15 is 0 Å². The van der Waals surface area contributed by atoms with Crippen molar-refractivity contribution in [1.29, 1.82) is 0 Å². The Morgan fingerprint density at radius 2 is 1.00 bits per heavy atom. The highest BCUT2D eigenvalue weighted by Gasteiger charge is 2.07. The van der Waals surface area contributed by atoms with Gasteiger partial charge in [-0.25, -0.2) is 14.8 Å². The second-order valence-corrected chi connectivity index (χ2v) is 12.3. The molecule has 1 heterocycles. The van der Waals surface area contributed by atoms with Gasteiger partial charge in [0.25, 0.3) is 0 Å². The number of carbonyl (C=O) groups excluding carboxylic acids is 1. The summed E-state index contributed by atoms with van der Waals surface area (Å²) in [5, 5.41) is 0. The molecule has 6 nitrogen and oxygen atoms in total. The number of ether oxygens (including phenoxy) is 3. The van der Waals surface area contributed by atoms with Crippen molar-refractivity contribution < 1.29 is 19.0 Å². The number of nitrogens with zero attached hydrogens (tertiary/aromatic N) is 2. The second kappa shape index (κ2) is 23.9. The molecule has 0 fully saturated rings. The Morgan fingerprint density at radius 3 is 1.54 bits per heavy atom. The quantitative estimate of drug-likeness (QED) is 0.0649. The van der Waals surface area contributed by atoms with Crippen LogP contribution in [0.2, 0.25) is 0 Å². The van der Waals surface area contributed by atoms with Crippen molar-refractivity contribution in [2.45, 2.75) is 129 Å². The molecule has 0 bridgehead atoms. The van der Waals surface area contributed by atoms with Gasteiger partial charge >= 0.3 is 5.97 Å². The molecule has 2 aromatic carbocycles. The molecular weight excluding hydrogens is 572 g/mol. The van der Waals surface area contributed by atoms with E-state index < -0.39 is 0 Å². The summed E-state index contributed by atoms with van der Waals surface area (Å²) in [5.74, 6) is 2.16. The van der Waals surface area contributed by atoms with Gasteiger partial charge in [0, 0.05) is 18.0 Å². The van der Waals surface area contributed by atoms with Gasteiger partial charge in [0.15, 0.2) is 5.82 Å². The third kappa shape index (κ3) is 15.7. The summed E-state index contributed by atoms with van der Waals surface area (Å²) in [6.45, 7) is 6.33. The number of rotatable bonds is 26. The predicted octanol–water partition coefficient (Wildman–Crippen LogP) is 11.0. The minimum absolute atomic E-state index is 0.255. The van der Waals surface area contributed by atoms with Crippen molar-refractivity contribution in [3.63, 3.8) is 0 Å². The molecule has 6 heteroatoms. The lowest BCUT2D eigenvalue weighted by molar-refractivity contribution is 0.0497. The maximum Gasteiger partial charge on any atom is 0.338 e. The van der Waals surface area contributed by atoms with E-state index in [4.69, 9.17) is 14.2 Å². The molecule has 0 unspecified atom stereocenters. The van der Waals surface area contributed by atoms with E-state index in [0.717, 1.165) is 67.8 Å². The van der Waals surface area contributed by atoms with E-state index in [-0.39, 0.29) is 5.97 Å². The number of carbonyl (C=O) groups is 1. The summed E-state index contributed by atoms with van der Waals surface area (Å²) in [6.07, 6.45) is 25.4. The number of benzene rings is 2. The number of hydrogen-bond donors (Lipinski definition) is 0. The van der Waals surface area contributed by atoms with Crippen LogP contribution in [0.25, 0.3) is 11.4 Å². The smallest absolute Gasteiger partial charge is 0.338 e. The van der Waals surface area contributed by atoms with Gasteiger partial charge in [0.1, 0.15) is 11.5 Å². The predicted molar refractivity (Wildman–Crippen MR) is 189 cm³/mol. The monoisotopic (exact) mass is 630 g/mol. The lowest BCUT2D eigenvalue weighted by Gasteiger charge is -2.09.